The molecule has 3 aromatic rings. The van der Waals surface area contributed by atoms with Crippen LogP contribution in [0, 0.1) is 5.92 Å². The van der Waals surface area contributed by atoms with E-state index in [0.717, 1.165) is 54.6 Å². The van der Waals surface area contributed by atoms with Gasteiger partial charge >= 0.3 is 0 Å². The van der Waals surface area contributed by atoms with E-state index in [0.29, 0.717) is 6.04 Å². The van der Waals surface area contributed by atoms with E-state index in [-0.39, 0.29) is 11.7 Å². The second-order valence-electron chi connectivity index (χ2n) is 9.93. The third kappa shape index (κ3) is 5.01. The van der Waals surface area contributed by atoms with Gasteiger partial charge in [-0.1, -0.05) is 0 Å². The summed E-state index contributed by atoms with van der Waals surface area (Å²) < 4.78 is 3.73. The summed E-state index contributed by atoms with van der Waals surface area (Å²) in [7, 11) is 3.98. The number of hydrogen-bond donors (Lipinski definition) is 1. The minimum absolute atomic E-state index is 0.00425. The van der Waals surface area contributed by atoms with Crippen molar-refractivity contribution >= 4 is 11.4 Å². The third-order valence-corrected chi connectivity index (χ3v) is 7.08. The number of hydrogen-bond acceptors (Lipinski definition) is 6. The third-order valence-electron chi connectivity index (χ3n) is 7.08. The second-order valence-corrected chi connectivity index (χ2v) is 9.93. The number of rotatable bonds is 8. The van der Waals surface area contributed by atoms with E-state index in [1.807, 2.05) is 55.3 Å². The van der Waals surface area contributed by atoms with E-state index in [1.165, 1.54) is 19.3 Å². The van der Waals surface area contributed by atoms with Gasteiger partial charge in [-0.2, -0.15) is 0 Å². The number of pyridine rings is 2. The van der Waals surface area contributed by atoms with Gasteiger partial charge in [-0.3, -0.25) is 14.3 Å². The summed E-state index contributed by atoms with van der Waals surface area (Å²) in [5.74, 6) is 0.887. The second kappa shape index (κ2) is 9.62. The Bertz CT molecular complexity index is 1180. The standard InChI is InChI=1S/C26H35N7O/c1-19(32-17-25(29-18-32)21-11-24(30(2)3)15-27-14-21)33-10-8-23(12-26(33)34)31-9-4-5-22(16-31)28-13-20-6-7-20/h8,10-12,14-15,17-20,22,28H,4-7,9,13,16H2,1-3H3/t19?,22-/m1/s1. The Morgan fingerprint density at radius 1 is 1.21 bits per heavy atom. The van der Waals surface area contributed by atoms with Crippen molar-refractivity contribution in [2.75, 3.05) is 43.5 Å². The van der Waals surface area contributed by atoms with Gasteiger partial charge < -0.3 is 19.7 Å². The van der Waals surface area contributed by atoms with Crippen molar-refractivity contribution in [2.45, 2.75) is 44.8 Å². The zero-order valence-electron chi connectivity index (χ0n) is 20.4. The molecular formula is C26H35N7O. The maximum Gasteiger partial charge on any atom is 0.254 e. The molecule has 2 atom stereocenters. The highest BCUT2D eigenvalue weighted by Crippen LogP contribution is 2.28. The summed E-state index contributed by atoms with van der Waals surface area (Å²) in [6.07, 6.45) is 14.3. The SMILES string of the molecule is CC(n1cnc(-c2cncc(N(C)C)c2)c1)n1ccc(N2CCC[C@@H](NCC3CC3)C2)cc1=O. The molecule has 1 N–H and O–H groups in total. The van der Waals surface area contributed by atoms with Crippen LogP contribution in [0.2, 0.25) is 0 Å². The summed E-state index contributed by atoms with van der Waals surface area (Å²) in [5, 5.41) is 3.73. The van der Waals surface area contributed by atoms with Gasteiger partial charge in [0, 0.05) is 69.1 Å². The van der Waals surface area contributed by atoms with Crippen molar-refractivity contribution in [1.82, 2.24) is 24.4 Å². The Balaban J connectivity index is 1.29. The first-order chi connectivity index (χ1) is 16.5. The van der Waals surface area contributed by atoms with Crippen molar-refractivity contribution in [3.05, 3.63) is 59.7 Å². The fourth-order valence-electron chi connectivity index (χ4n) is 4.66. The Kier molecular flexibility index (Phi) is 6.41. The minimum atomic E-state index is -0.179. The van der Waals surface area contributed by atoms with E-state index < -0.39 is 0 Å². The van der Waals surface area contributed by atoms with Crippen LogP contribution in [0.3, 0.4) is 0 Å². The average Bonchev–Trinajstić information content (AvgIpc) is 3.56. The highest BCUT2D eigenvalue weighted by molar-refractivity contribution is 5.63. The normalized spacial score (nSPS) is 19.3. The van der Waals surface area contributed by atoms with Crippen LogP contribution in [0.25, 0.3) is 11.3 Å². The van der Waals surface area contributed by atoms with Crippen molar-refractivity contribution < 1.29 is 0 Å². The lowest BCUT2D eigenvalue weighted by Gasteiger charge is -2.35. The van der Waals surface area contributed by atoms with E-state index in [1.54, 1.807) is 17.0 Å². The Labute approximate surface area is 201 Å². The van der Waals surface area contributed by atoms with E-state index >= 15 is 0 Å². The number of piperidine rings is 1. The van der Waals surface area contributed by atoms with Crippen molar-refractivity contribution in [1.29, 1.82) is 0 Å². The maximum atomic E-state index is 13.1. The molecule has 1 aliphatic heterocycles. The highest BCUT2D eigenvalue weighted by Gasteiger charge is 2.25. The van der Waals surface area contributed by atoms with Gasteiger partial charge in [0.05, 0.1) is 23.9 Å². The lowest BCUT2D eigenvalue weighted by Crippen LogP contribution is -2.46. The molecule has 5 rings (SSSR count). The highest BCUT2D eigenvalue weighted by atomic mass is 16.1. The van der Waals surface area contributed by atoms with Gasteiger partial charge in [-0.25, -0.2) is 4.98 Å². The molecule has 0 bridgehead atoms. The monoisotopic (exact) mass is 461 g/mol. The summed E-state index contributed by atoms with van der Waals surface area (Å²) in [5.41, 5.74) is 3.84. The van der Waals surface area contributed by atoms with Crippen LogP contribution in [0.1, 0.15) is 38.8 Å². The predicted molar refractivity (Wildman–Crippen MR) is 137 cm³/mol. The number of nitrogens with zero attached hydrogens (tertiary/aromatic N) is 6. The lowest BCUT2D eigenvalue weighted by atomic mass is 10.0. The van der Waals surface area contributed by atoms with E-state index in [2.05, 4.69) is 32.3 Å². The molecule has 1 saturated heterocycles. The van der Waals surface area contributed by atoms with Crippen LogP contribution in [-0.2, 0) is 0 Å². The Morgan fingerprint density at radius 2 is 2.06 bits per heavy atom. The molecule has 1 aliphatic carbocycles. The molecule has 2 aliphatic rings. The predicted octanol–water partition coefficient (Wildman–Crippen LogP) is 3.21. The molecule has 0 aromatic carbocycles. The Hall–Kier alpha value is -3.13. The number of imidazole rings is 1. The first-order valence-corrected chi connectivity index (χ1v) is 12.3. The van der Waals surface area contributed by atoms with Gasteiger partial charge in [0.25, 0.3) is 5.56 Å². The minimum Gasteiger partial charge on any atom is -0.376 e. The molecule has 0 spiro atoms. The summed E-state index contributed by atoms with van der Waals surface area (Å²) in [4.78, 5) is 26.3. The van der Waals surface area contributed by atoms with E-state index in [9.17, 15) is 4.79 Å². The molecule has 0 amide bonds. The quantitative estimate of drug-likeness (QED) is 0.556. The summed E-state index contributed by atoms with van der Waals surface area (Å²) in [6, 6.07) is 6.43. The summed E-state index contributed by atoms with van der Waals surface area (Å²) >= 11 is 0. The van der Waals surface area contributed by atoms with Crippen LogP contribution in [0.5, 0.6) is 0 Å². The molecule has 34 heavy (non-hydrogen) atoms. The van der Waals surface area contributed by atoms with Crippen LogP contribution in [-0.4, -0.2) is 58.9 Å². The van der Waals surface area contributed by atoms with Crippen molar-refractivity contribution in [3.63, 3.8) is 0 Å². The molecule has 4 heterocycles. The molecule has 1 saturated carbocycles. The first kappa shape index (κ1) is 22.7. The average molecular weight is 462 g/mol. The fourth-order valence-corrected chi connectivity index (χ4v) is 4.66. The number of anilines is 2. The van der Waals surface area contributed by atoms with Gasteiger partial charge in [0.2, 0.25) is 0 Å². The zero-order valence-corrected chi connectivity index (χ0v) is 20.4. The van der Waals surface area contributed by atoms with Crippen molar-refractivity contribution in [2.24, 2.45) is 5.92 Å². The smallest absolute Gasteiger partial charge is 0.254 e. The molecular weight excluding hydrogens is 426 g/mol. The van der Waals surface area contributed by atoms with Crippen LogP contribution >= 0.6 is 0 Å². The molecule has 8 heteroatoms. The zero-order chi connectivity index (χ0) is 23.7. The van der Waals surface area contributed by atoms with E-state index in [4.69, 9.17) is 0 Å². The van der Waals surface area contributed by atoms with Gasteiger partial charge in [0.15, 0.2) is 0 Å². The molecule has 0 radical (unpaired) electrons. The van der Waals surface area contributed by atoms with Crippen LogP contribution in [0.4, 0.5) is 11.4 Å². The molecule has 1 unspecified atom stereocenters. The number of nitrogens with one attached hydrogen (secondary N) is 1. The van der Waals surface area contributed by atoms with Crippen LogP contribution in [0.15, 0.2) is 54.1 Å². The van der Waals surface area contributed by atoms with Crippen molar-refractivity contribution in [3.8, 4) is 11.3 Å². The van der Waals surface area contributed by atoms with Gasteiger partial charge in [-0.05, 0) is 57.2 Å². The lowest BCUT2D eigenvalue weighted by molar-refractivity contribution is 0.415. The summed E-state index contributed by atoms with van der Waals surface area (Å²) in [6.45, 7) is 5.13. The fraction of sp³-hybridized carbons (Fsp3) is 0.500. The van der Waals surface area contributed by atoms with Crippen LogP contribution < -0.4 is 20.7 Å². The molecule has 180 valence electrons. The Morgan fingerprint density at radius 3 is 2.82 bits per heavy atom. The molecule has 2 fully saturated rings. The molecule has 3 aromatic heterocycles. The number of aromatic nitrogens is 4. The first-order valence-electron chi connectivity index (χ1n) is 12.3. The van der Waals surface area contributed by atoms with Gasteiger partial charge in [0.1, 0.15) is 6.17 Å². The van der Waals surface area contributed by atoms with Gasteiger partial charge in [-0.15, -0.1) is 0 Å². The maximum absolute atomic E-state index is 13.1. The molecule has 8 nitrogen and oxygen atoms in total. The topological polar surface area (TPSA) is 71.2 Å². The largest absolute Gasteiger partial charge is 0.376 e.